The molecule has 1 aliphatic carbocycles. The second-order valence-corrected chi connectivity index (χ2v) is 4.96. The van der Waals surface area contributed by atoms with E-state index in [4.69, 9.17) is 10.5 Å². The van der Waals surface area contributed by atoms with Crippen molar-refractivity contribution in [1.82, 2.24) is 4.90 Å². The fraction of sp³-hybridized carbons (Fsp3) is 0.917. The molecule has 1 amide bonds. The molecule has 16 heavy (non-hydrogen) atoms. The number of rotatable bonds is 4. The Kier molecular flexibility index (Phi) is 3.82. The van der Waals surface area contributed by atoms with E-state index in [-0.39, 0.29) is 12.0 Å². The number of carbonyl (C=O) groups excluding carboxylic acids is 1. The van der Waals surface area contributed by atoms with Crippen molar-refractivity contribution in [1.29, 1.82) is 0 Å². The van der Waals surface area contributed by atoms with Gasteiger partial charge < -0.3 is 15.4 Å². The van der Waals surface area contributed by atoms with E-state index >= 15 is 0 Å². The lowest BCUT2D eigenvalue weighted by Crippen LogP contribution is -2.51. The quantitative estimate of drug-likeness (QED) is 0.769. The summed E-state index contributed by atoms with van der Waals surface area (Å²) in [6.07, 6.45) is 4.28. The molecule has 0 aromatic carbocycles. The van der Waals surface area contributed by atoms with E-state index in [1.54, 1.807) is 0 Å². The van der Waals surface area contributed by atoms with Crippen LogP contribution < -0.4 is 5.73 Å². The predicted molar refractivity (Wildman–Crippen MR) is 61.9 cm³/mol. The monoisotopic (exact) mass is 226 g/mol. The van der Waals surface area contributed by atoms with Gasteiger partial charge in [0.25, 0.3) is 5.91 Å². The molecule has 2 fully saturated rings. The van der Waals surface area contributed by atoms with Crippen LogP contribution in [0.15, 0.2) is 0 Å². The average molecular weight is 226 g/mol. The van der Waals surface area contributed by atoms with Crippen molar-refractivity contribution in [2.24, 2.45) is 11.7 Å². The Morgan fingerprint density at radius 2 is 2.19 bits per heavy atom. The second-order valence-electron chi connectivity index (χ2n) is 4.96. The average Bonchev–Trinajstić information content (AvgIpc) is 2.60. The summed E-state index contributed by atoms with van der Waals surface area (Å²) < 4.78 is 5.54. The normalized spacial score (nSPS) is 30.1. The van der Waals surface area contributed by atoms with Crippen LogP contribution in [-0.4, -0.2) is 42.6 Å². The smallest absolute Gasteiger partial charge is 0.252 e. The number of carbonyl (C=O) groups is 1. The molecule has 2 unspecified atom stereocenters. The Hall–Kier alpha value is -0.610. The number of hydrogen-bond acceptors (Lipinski definition) is 3. The Labute approximate surface area is 97.1 Å². The third kappa shape index (κ3) is 2.23. The maximum atomic E-state index is 12.3. The molecule has 0 radical (unpaired) electrons. The highest BCUT2D eigenvalue weighted by atomic mass is 16.5. The van der Waals surface area contributed by atoms with E-state index < -0.39 is 0 Å². The number of nitrogens with zero attached hydrogens (tertiary/aromatic N) is 1. The summed E-state index contributed by atoms with van der Waals surface area (Å²) in [5.41, 5.74) is 5.58. The molecule has 0 bridgehead atoms. The first-order valence-corrected chi connectivity index (χ1v) is 6.36. The summed E-state index contributed by atoms with van der Waals surface area (Å²) in [4.78, 5) is 14.3. The molecule has 2 atom stereocenters. The van der Waals surface area contributed by atoms with Gasteiger partial charge in [-0.25, -0.2) is 0 Å². The molecule has 1 saturated heterocycles. The second kappa shape index (κ2) is 5.15. The van der Waals surface area contributed by atoms with Crippen LogP contribution in [0.5, 0.6) is 0 Å². The molecule has 2 rings (SSSR count). The largest absolute Gasteiger partial charge is 0.368 e. The molecule has 1 saturated carbocycles. The molecule has 4 nitrogen and oxygen atoms in total. The van der Waals surface area contributed by atoms with E-state index in [9.17, 15) is 4.79 Å². The minimum absolute atomic E-state index is 0.167. The van der Waals surface area contributed by atoms with Crippen LogP contribution in [0.4, 0.5) is 0 Å². The Balaban J connectivity index is 1.98. The van der Waals surface area contributed by atoms with Crippen molar-refractivity contribution in [3.05, 3.63) is 0 Å². The van der Waals surface area contributed by atoms with Gasteiger partial charge in [0, 0.05) is 25.7 Å². The molecule has 1 aliphatic heterocycles. The minimum Gasteiger partial charge on any atom is -0.368 e. The first-order valence-electron chi connectivity index (χ1n) is 6.36. The first kappa shape index (κ1) is 11.9. The lowest BCUT2D eigenvalue weighted by Gasteiger charge is -2.39. The standard InChI is InChI=1S/C12H22N2O2/c1-9-5-8-16-11(9)12(15)14(7-6-13)10-3-2-4-10/h9-11H,2-8,13H2,1H3. The molecule has 0 aromatic rings. The SMILES string of the molecule is CC1CCOC1C(=O)N(CCN)C1CCC1. The van der Waals surface area contributed by atoms with E-state index in [0.29, 0.717) is 25.0 Å². The van der Waals surface area contributed by atoms with E-state index in [1.807, 2.05) is 4.90 Å². The van der Waals surface area contributed by atoms with Crippen LogP contribution in [0.1, 0.15) is 32.6 Å². The summed E-state index contributed by atoms with van der Waals surface area (Å²) in [5, 5.41) is 0. The molecule has 2 N–H and O–H groups in total. The van der Waals surface area contributed by atoms with Gasteiger partial charge in [-0.05, 0) is 31.6 Å². The third-order valence-corrected chi connectivity index (χ3v) is 3.80. The molecule has 4 heteroatoms. The fourth-order valence-corrected chi connectivity index (χ4v) is 2.48. The van der Waals surface area contributed by atoms with Crippen molar-refractivity contribution >= 4 is 5.91 Å². The van der Waals surface area contributed by atoms with Crippen LogP contribution in [0.2, 0.25) is 0 Å². The van der Waals surface area contributed by atoms with E-state index in [2.05, 4.69) is 6.92 Å². The lowest BCUT2D eigenvalue weighted by molar-refractivity contribution is -0.146. The number of ether oxygens (including phenoxy) is 1. The topological polar surface area (TPSA) is 55.6 Å². The molecule has 2 aliphatic rings. The molecule has 1 heterocycles. The highest BCUT2D eigenvalue weighted by Gasteiger charge is 2.37. The minimum atomic E-state index is -0.216. The summed E-state index contributed by atoms with van der Waals surface area (Å²) >= 11 is 0. The van der Waals surface area contributed by atoms with Gasteiger partial charge in [-0.3, -0.25) is 4.79 Å². The van der Waals surface area contributed by atoms with Gasteiger partial charge in [0.05, 0.1) is 0 Å². The lowest BCUT2D eigenvalue weighted by atomic mass is 9.90. The maximum absolute atomic E-state index is 12.3. The highest BCUT2D eigenvalue weighted by molar-refractivity contribution is 5.82. The molecular weight excluding hydrogens is 204 g/mol. The maximum Gasteiger partial charge on any atom is 0.252 e. The van der Waals surface area contributed by atoms with Gasteiger partial charge in [0.2, 0.25) is 0 Å². The summed E-state index contributed by atoms with van der Waals surface area (Å²) in [6, 6.07) is 0.424. The van der Waals surface area contributed by atoms with Crippen LogP contribution in [0.3, 0.4) is 0 Å². The molecule has 0 spiro atoms. The zero-order valence-electron chi connectivity index (χ0n) is 10.0. The van der Waals surface area contributed by atoms with Gasteiger partial charge in [-0.2, -0.15) is 0 Å². The summed E-state index contributed by atoms with van der Waals surface area (Å²) in [5.74, 6) is 0.521. The van der Waals surface area contributed by atoms with Crippen LogP contribution in [-0.2, 0) is 9.53 Å². The van der Waals surface area contributed by atoms with Crippen molar-refractivity contribution < 1.29 is 9.53 Å². The zero-order chi connectivity index (χ0) is 11.5. The predicted octanol–water partition coefficient (Wildman–Crippen LogP) is 0.751. The van der Waals surface area contributed by atoms with Crippen molar-refractivity contribution in [3.63, 3.8) is 0 Å². The van der Waals surface area contributed by atoms with E-state index in [0.717, 1.165) is 25.9 Å². The van der Waals surface area contributed by atoms with Gasteiger partial charge in [0.1, 0.15) is 6.10 Å². The van der Waals surface area contributed by atoms with Gasteiger partial charge in [-0.15, -0.1) is 0 Å². The van der Waals surface area contributed by atoms with Gasteiger partial charge >= 0.3 is 0 Å². The van der Waals surface area contributed by atoms with Crippen LogP contribution in [0, 0.1) is 5.92 Å². The van der Waals surface area contributed by atoms with Crippen LogP contribution >= 0.6 is 0 Å². The third-order valence-electron chi connectivity index (χ3n) is 3.80. The van der Waals surface area contributed by atoms with Crippen molar-refractivity contribution in [2.75, 3.05) is 19.7 Å². The number of nitrogens with two attached hydrogens (primary N) is 1. The van der Waals surface area contributed by atoms with E-state index in [1.165, 1.54) is 6.42 Å². The molecule has 0 aromatic heterocycles. The Bertz CT molecular complexity index is 253. The Morgan fingerprint density at radius 1 is 1.44 bits per heavy atom. The van der Waals surface area contributed by atoms with Crippen LogP contribution in [0.25, 0.3) is 0 Å². The highest BCUT2D eigenvalue weighted by Crippen LogP contribution is 2.28. The summed E-state index contributed by atoms with van der Waals surface area (Å²) in [6.45, 7) is 4.04. The molecular formula is C12H22N2O2. The Morgan fingerprint density at radius 3 is 2.62 bits per heavy atom. The molecule has 92 valence electrons. The fourth-order valence-electron chi connectivity index (χ4n) is 2.48. The van der Waals surface area contributed by atoms with Gasteiger partial charge in [-0.1, -0.05) is 6.92 Å². The number of amides is 1. The first-order chi connectivity index (χ1) is 7.74. The number of hydrogen-bond donors (Lipinski definition) is 1. The van der Waals surface area contributed by atoms with Gasteiger partial charge in [0.15, 0.2) is 0 Å². The van der Waals surface area contributed by atoms with Crippen molar-refractivity contribution in [2.45, 2.75) is 44.8 Å². The van der Waals surface area contributed by atoms with Crippen molar-refractivity contribution in [3.8, 4) is 0 Å². The zero-order valence-corrected chi connectivity index (χ0v) is 10.0. The summed E-state index contributed by atoms with van der Waals surface area (Å²) in [7, 11) is 0.